The number of halogens is 8. The minimum Gasteiger partial charge on any atom is -0.399 e. The van der Waals surface area contributed by atoms with Gasteiger partial charge in [0, 0.05) is 42.9 Å². The SMILES string of the molecule is Cl.Cl.Nc1ccc(-c2nc(C(F)(F)F)n3c2CN(C(=O)C[C@H](N)Cc2cc(F)c(F)cc2F)CC3)cc1. The van der Waals surface area contributed by atoms with Crippen LogP contribution in [0.25, 0.3) is 11.3 Å². The summed E-state index contributed by atoms with van der Waals surface area (Å²) in [5, 5.41) is 0. The monoisotopic (exact) mass is 569 g/mol. The highest BCUT2D eigenvalue weighted by Crippen LogP contribution is 2.36. The van der Waals surface area contributed by atoms with Gasteiger partial charge in [-0.25, -0.2) is 18.2 Å². The van der Waals surface area contributed by atoms with Crippen LogP contribution in [-0.2, 0) is 30.5 Å². The number of benzene rings is 2. The molecule has 0 bridgehead atoms. The van der Waals surface area contributed by atoms with E-state index in [-0.39, 0.29) is 74.2 Å². The first-order valence-corrected chi connectivity index (χ1v) is 10.6. The van der Waals surface area contributed by atoms with E-state index in [9.17, 15) is 31.1 Å². The lowest BCUT2D eigenvalue weighted by atomic mass is 10.0. The molecule has 2 aromatic carbocycles. The number of alkyl halides is 3. The minimum atomic E-state index is -4.69. The fourth-order valence-corrected chi connectivity index (χ4v) is 4.10. The summed E-state index contributed by atoms with van der Waals surface area (Å²) in [5.74, 6) is -5.08. The second kappa shape index (κ2) is 11.6. The molecule has 0 aliphatic carbocycles. The summed E-state index contributed by atoms with van der Waals surface area (Å²) < 4.78 is 82.4. The molecule has 0 fully saturated rings. The van der Waals surface area contributed by atoms with Crippen LogP contribution < -0.4 is 11.5 Å². The van der Waals surface area contributed by atoms with Crippen LogP contribution in [0.5, 0.6) is 0 Å². The van der Waals surface area contributed by atoms with Crippen molar-refractivity contribution in [3.8, 4) is 11.3 Å². The van der Waals surface area contributed by atoms with Crippen molar-refractivity contribution in [1.29, 1.82) is 0 Å². The van der Waals surface area contributed by atoms with E-state index in [0.29, 0.717) is 23.4 Å². The summed E-state index contributed by atoms with van der Waals surface area (Å²) in [4.78, 5) is 18.0. The number of hydrogen-bond donors (Lipinski definition) is 2. The highest BCUT2D eigenvalue weighted by Gasteiger charge is 2.40. The lowest BCUT2D eigenvalue weighted by Crippen LogP contribution is -2.42. The van der Waals surface area contributed by atoms with Crippen LogP contribution in [0.15, 0.2) is 36.4 Å². The van der Waals surface area contributed by atoms with Crippen molar-refractivity contribution in [2.75, 3.05) is 12.3 Å². The Balaban J connectivity index is 0.00000241. The van der Waals surface area contributed by atoms with Crippen LogP contribution >= 0.6 is 24.8 Å². The molecule has 37 heavy (non-hydrogen) atoms. The van der Waals surface area contributed by atoms with E-state index in [1.165, 1.54) is 17.0 Å². The first kappa shape index (κ1) is 30.3. The van der Waals surface area contributed by atoms with Crippen molar-refractivity contribution in [3.05, 3.63) is 70.9 Å². The van der Waals surface area contributed by atoms with Gasteiger partial charge in [0.25, 0.3) is 0 Å². The summed E-state index contributed by atoms with van der Waals surface area (Å²) in [6.07, 6.45) is -5.19. The Morgan fingerprint density at radius 3 is 2.24 bits per heavy atom. The molecule has 0 unspecified atom stereocenters. The first-order valence-electron chi connectivity index (χ1n) is 10.6. The number of fused-ring (bicyclic) bond motifs is 1. The normalized spacial score (nSPS) is 13.9. The molecule has 1 aliphatic heterocycles. The second-order valence-corrected chi connectivity index (χ2v) is 8.34. The third-order valence-electron chi connectivity index (χ3n) is 5.81. The third kappa shape index (κ3) is 6.49. The van der Waals surface area contributed by atoms with Gasteiger partial charge in [0.15, 0.2) is 11.6 Å². The number of hydrogen-bond acceptors (Lipinski definition) is 4. The molecule has 3 aromatic rings. The van der Waals surface area contributed by atoms with Gasteiger partial charge in [0.05, 0.1) is 17.9 Å². The number of nitrogens with zero attached hydrogens (tertiary/aromatic N) is 3. The Hall–Kier alpha value is -2.96. The van der Waals surface area contributed by atoms with Gasteiger partial charge in [0.2, 0.25) is 11.7 Å². The first-order chi connectivity index (χ1) is 16.4. The average molecular weight is 570 g/mol. The van der Waals surface area contributed by atoms with Gasteiger partial charge in [-0.15, -0.1) is 24.8 Å². The van der Waals surface area contributed by atoms with Crippen molar-refractivity contribution in [2.24, 2.45) is 5.73 Å². The zero-order valence-corrected chi connectivity index (χ0v) is 20.7. The fraction of sp³-hybridized carbons (Fsp3) is 0.304. The topological polar surface area (TPSA) is 90.2 Å². The van der Waals surface area contributed by atoms with Gasteiger partial charge in [0.1, 0.15) is 5.82 Å². The summed E-state index contributed by atoms with van der Waals surface area (Å²) in [6.45, 7) is -0.294. The molecule has 4 N–H and O–H groups in total. The van der Waals surface area contributed by atoms with Crippen LogP contribution in [0.3, 0.4) is 0 Å². The number of aromatic nitrogens is 2. The molecule has 202 valence electrons. The van der Waals surface area contributed by atoms with Crippen molar-refractivity contribution in [2.45, 2.75) is 38.1 Å². The molecule has 1 aliphatic rings. The fourth-order valence-electron chi connectivity index (χ4n) is 4.10. The van der Waals surface area contributed by atoms with Gasteiger partial charge in [-0.2, -0.15) is 13.2 Å². The zero-order valence-electron chi connectivity index (χ0n) is 19.1. The molecular formula is C23H23Cl2F6N5O. The third-order valence-corrected chi connectivity index (χ3v) is 5.81. The van der Waals surface area contributed by atoms with E-state index in [4.69, 9.17) is 11.5 Å². The quantitative estimate of drug-likeness (QED) is 0.264. The summed E-state index contributed by atoms with van der Waals surface area (Å²) in [6, 6.07) is 6.34. The Morgan fingerprint density at radius 2 is 1.62 bits per heavy atom. The van der Waals surface area contributed by atoms with Crippen molar-refractivity contribution >= 4 is 36.4 Å². The Kier molecular flexibility index (Phi) is 9.50. The summed E-state index contributed by atoms with van der Waals surface area (Å²) >= 11 is 0. The smallest absolute Gasteiger partial charge is 0.399 e. The van der Waals surface area contributed by atoms with Crippen LogP contribution in [0.2, 0.25) is 0 Å². The molecule has 1 amide bonds. The molecule has 0 saturated heterocycles. The average Bonchev–Trinajstić information content (AvgIpc) is 3.17. The van der Waals surface area contributed by atoms with E-state index < -0.39 is 41.4 Å². The number of carbonyl (C=O) groups is 1. The van der Waals surface area contributed by atoms with Gasteiger partial charge >= 0.3 is 6.18 Å². The summed E-state index contributed by atoms with van der Waals surface area (Å²) in [7, 11) is 0. The van der Waals surface area contributed by atoms with Crippen LogP contribution in [0.1, 0.15) is 23.5 Å². The van der Waals surface area contributed by atoms with Crippen molar-refractivity contribution in [1.82, 2.24) is 14.5 Å². The molecule has 1 atom stereocenters. The predicted molar refractivity (Wildman–Crippen MR) is 130 cm³/mol. The van der Waals surface area contributed by atoms with Crippen LogP contribution in [0.4, 0.5) is 32.0 Å². The maximum absolute atomic E-state index is 13.9. The molecular weight excluding hydrogens is 547 g/mol. The lowest BCUT2D eigenvalue weighted by Gasteiger charge is -2.30. The van der Waals surface area contributed by atoms with Crippen molar-refractivity contribution in [3.63, 3.8) is 0 Å². The van der Waals surface area contributed by atoms with E-state index in [1.54, 1.807) is 12.1 Å². The van der Waals surface area contributed by atoms with Crippen LogP contribution in [0, 0.1) is 17.5 Å². The lowest BCUT2D eigenvalue weighted by molar-refractivity contribution is -0.148. The Bertz CT molecular complexity index is 1270. The van der Waals surface area contributed by atoms with Crippen molar-refractivity contribution < 1.29 is 31.1 Å². The molecule has 2 heterocycles. The molecule has 4 rings (SSSR count). The van der Waals surface area contributed by atoms with Gasteiger partial charge in [-0.05, 0) is 30.2 Å². The molecule has 6 nitrogen and oxygen atoms in total. The van der Waals surface area contributed by atoms with E-state index >= 15 is 0 Å². The number of amides is 1. The maximum atomic E-state index is 13.9. The van der Waals surface area contributed by atoms with E-state index in [2.05, 4.69) is 4.98 Å². The molecule has 0 spiro atoms. The number of rotatable bonds is 5. The highest BCUT2D eigenvalue weighted by molar-refractivity contribution is 5.85. The molecule has 14 heteroatoms. The minimum absolute atomic E-state index is 0. The highest BCUT2D eigenvalue weighted by atomic mass is 35.5. The van der Waals surface area contributed by atoms with Gasteiger partial charge in [-0.3, -0.25) is 4.79 Å². The maximum Gasteiger partial charge on any atom is 0.449 e. The second-order valence-electron chi connectivity index (χ2n) is 8.34. The number of carbonyl (C=O) groups excluding carboxylic acids is 1. The van der Waals surface area contributed by atoms with Gasteiger partial charge in [-0.1, -0.05) is 12.1 Å². The van der Waals surface area contributed by atoms with Crippen LogP contribution in [-0.4, -0.2) is 32.9 Å². The Labute approximate surface area is 220 Å². The number of nitrogen functional groups attached to an aromatic ring is 1. The standard InChI is InChI=1S/C23H21F6N5O.2ClH/c24-16-10-18(26)17(25)8-13(16)7-15(31)9-20(35)33-5-6-34-19(11-33)21(32-22(34)23(27,28)29)12-1-3-14(30)4-2-12;;/h1-4,8,10,15H,5-7,9,11,30-31H2;2*1H/t15-;;/m1../s1. The number of nitrogens with two attached hydrogens (primary N) is 2. The Morgan fingerprint density at radius 1 is 1.00 bits per heavy atom. The number of anilines is 1. The largest absolute Gasteiger partial charge is 0.449 e. The molecule has 0 saturated carbocycles. The summed E-state index contributed by atoms with van der Waals surface area (Å²) in [5.41, 5.74) is 12.6. The van der Waals surface area contributed by atoms with E-state index in [1.807, 2.05) is 0 Å². The van der Waals surface area contributed by atoms with E-state index in [0.717, 1.165) is 4.57 Å². The van der Waals surface area contributed by atoms with Gasteiger partial charge < -0.3 is 20.9 Å². The zero-order chi connectivity index (χ0) is 25.5. The molecule has 0 radical (unpaired) electrons. The molecule has 1 aromatic heterocycles. The number of imidazole rings is 1. The predicted octanol–water partition coefficient (Wildman–Crippen LogP) is 4.71.